The molecule has 0 amide bonds. The van der Waals surface area contributed by atoms with Gasteiger partial charge in [0.15, 0.2) is 0 Å². The van der Waals surface area contributed by atoms with Crippen LogP contribution in [0, 0.1) is 5.92 Å². The van der Waals surface area contributed by atoms with Gasteiger partial charge in [0.2, 0.25) is 0 Å². The summed E-state index contributed by atoms with van der Waals surface area (Å²) < 4.78 is 0. The molecule has 0 radical (unpaired) electrons. The molecule has 0 aromatic carbocycles. The van der Waals surface area contributed by atoms with Crippen molar-refractivity contribution >= 4 is 6.29 Å². The van der Waals surface area contributed by atoms with E-state index >= 15 is 0 Å². The maximum absolute atomic E-state index is 10.4. The maximum Gasteiger partial charge on any atom is 0.145 e. The highest BCUT2D eigenvalue weighted by Gasteiger charge is 2.10. The summed E-state index contributed by atoms with van der Waals surface area (Å²) in [5.41, 5.74) is 2.14. The molecule has 0 fully saturated rings. The Morgan fingerprint density at radius 2 is 2.33 bits per heavy atom. The average molecular weight is 164 g/mol. The number of allylic oxidation sites excluding steroid dienone is 4. The van der Waals surface area contributed by atoms with Crippen LogP contribution >= 0.6 is 0 Å². The molecule has 1 aliphatic rings. The molecule has 1 aliphatic carbocycles. The number of rotatable bonds is 3. The summed E-state index contributed by atoms with van der Waals surface area (Å²) in [5.74, 6) is 0.680. The number of hydrogen-bond acceptors (Lipinski definition) is 1. The second-order valence-electron chi connectivity index (χ2n) is 3.55. The van der Waals surface area contributed by atoms with Crippen LogP contribution in [0.25, 0.3) is 0 Å². The first-order valence-corrected chi connectivity index (χ1v) is 4.52. The van der Waals surface area contributed by atoms with E-state index in [1.807, 2.05) is 6.92 Å². The van der Waals surface area contributed by atoms with Gasteiger partial charge in [0.05, 0.1) is 0 Å². The molecule has 0 aromatic rings. The zero-order chi connectivity index (χ0) is 8.97. The molecule has 0 aliphatic heterocycles. The topological polar surface area (TPSA) is 17.1 Å². The fraction of sp³-hybridized carbons (Fsp3) is 0.545. The highest BCUT2D eigenvalue weighted by atomic mass is 16.1. The molecule has 0 N–H and O–H groups in total. The Kier molecular flexibility index (Phi) is 3.27. The molecular formula is C11H16O. The molecular weight excluding hydrogens is 148 g/mol. The summed E-state index contributed by atoms with van der Waals surface area (Å²) in [5, 5.41) is 0. The van der Waals surface area contributed by atoms with Gasteiger partial charge in [-0.2, -0.15) is 0 Å². The second-order valence-corrected chi connectivity index (χ2v) is 3.55. The van der Waals surface area contributed by atoms with Crippen LogP contribution < -0.4 is 0 Å². The zero-order valence-electron chi connectivity index (χ0n) is 7.84. The Balaban J connectivity index is 2.50. The van der Waals surface area contributed by atoms with Gasteiger partial charge in [0.25, 0.3) is 0 Å². The third-order valence-corrected chi connectivity index (χ3v) is 2.53. The third kappa shape index (κ3) is 2.33. The van der Waals surface area contributed by atoms with Crippen LogP contribution in [-0.4, -0.2) is 6.29 Å². The normalized spacial score (nSPS) is 24.0. The smallest absolute Gasteiger partial charge is 0.145 e. The lowest BCUT2D eigenvalue weighted by Gasteiger charge is -2.08. The van der Waals surface area contributed by atoms with Crippen LogP contribution in [0.1, 0.15) is 33.1 Å². The van der Waals surface area contributed by atoms with E-state index in [1.54, 1.807) is 0 Å². The molecule has 1 atom stereocenters. The van der Waals surface area contributed by atoms with E-state index in [0.717, 1.165) is 18.3 Å². The fourth-order valence-electron chi connectivity index (χ4n) is 1.52. The van der Waals surface area contributed by atoms with Crippen molar-refractivity contribution < 1.29 is 4.79 Å². The van der Waals surface area contributed by atoms with Crippen LogP contribution in [0.5, 0.6) is 0 Å². The SMILES string of the molecule is C/C(C=O)=C(/C)CC1C=CCC1. The van der Waals surface area contributed by atoms with Gasteiger partial charge >= 0.3 is 0 Å². The number of carbonyl (C=O) groups is 1. The zero-order valence-corrected chi connectivity index (χ0v) is 7.84. The van der Waals surface area contributed by atoms with E-state index < -0.39 is 0 Å². The Morgan fingerprint density at radius 1 is 1.58 bits per heavy atom. The lowest BCUT2D eigenvalue weighted by molar-refractivity contribution is -0.104. The van der Waals surface area contributed by atoms with Crippen LogP contribution in [0.4, 0.5) is 0 Å². The Bertz CT molecular complexity index is 223. The summed E-state index contributed by atoms with van der Waals surface area (Å²) in [6, 6.07) is 0. The number of carbonyl (C=O) groups excluding carboxylic acids is 1. The minimum absolute atomic E-state index is 0.680. The maximum atomic E-state index is 10.4. The predicted molar refractivity (Wildman–Crippen MR) is 50.9 cm³/mol. The van der Waals surface area contributed by atoms with Crippen LogP contribution in [0.3, 0.4) is 0 Å². The predicted octanol–water partition coefficient (Wildman–Crippen LogP) is 2.88. The van der Waals surface area contributed by atoms with Gasteiger partial charge in [-0.25, -0.2) is 0 Å². The molecule has 0 saturated carbocycles. The average Bonchev–Trinajstić information content (AvgIpc) is 2.55. The van der Waals surface area contributed by atoms with E-state index in [4.69, 9.17) is 0 Å². The Morgan fingerprint density at radius 3 is 2.83 bits per heavy atom. The highest BCUT2D eigenvalue weighted by molar-refractivity contribution is 5.73. The van der Waals surface area contributed by atoms with E-state index in [1.165, 1.54) is 18.4 Å². The van der Waals surface area contributed by atoms with Crippen molar-refractivity contribution in [2.24, 2.45) is 5.92 Å². The van der Waals surface area contributed by atoms with Crippen molar-refractivity contribution in [3.8, 4) is 0 Å². The molecule has 0 heterocycles. The van der Waals surface area contributed by atoms with Crippen LogP contribution in [0.15, 0.2) is 23.3 Å². The van der Waals surface area contributed by atoms with Gasteiger partial charge in [-0.05, 0) is 44.6 Å². The molecule has 12 heavy (non-hydrogen) atoms. The second kappa shape index (κ2) is 4.24. The van der Waals surface area contributed by atoms with Crippen LogP contribution in [0.2, 0.25) is 0 Å². The molecule has 0 saturated heterocycles. The van der Waals surface area contributed by atoms with Gasteiger partial charge < -0.3 is 0 Å². The first kappa shape index (κ1) is 9.24. The van der Waals surface area contributed by atoms with E-state index in [9.17, 15) is 4.79 Å². The minimum atomic E-state index is 0.680. The molecule has 0 aromatic heterocycles. The largest absolute Gasteiger partial charge is 0.298 e. The lowest BCUT2D eigenvalue weighted by atomic mass is 9.97. The quantitative estimate of drug-likeness (QED) is 0.356. The number of aldehydes is 1. The van der Waals surface area contributed by atoms with Crippen molar-refractivity contribution in [2.75, 3.05) is 0 Å². The molecule has 1 heteroatoms. The molecule has 1 unspecified atom stereocenters. The summed E-state index contributed by atoms with van der Waals surface area (Å²) in [6.07, 6.45) is 8.96. The first-order chi connectivity index (χ1) is 5.74. The Labute approximate surface area is 74.2 Å². The summed E-state index contributed by atoms with van der Waals surface area (Å²) in [6.45, 7) is 3.94. The van der Waals surface area contributed by atoms with E-state index in [2.05, 4.69) is 19.1 Å². The molecule has 1 nitrogen and oxygen atoms in total. The minimum Gasteiger partial charge on any atom is -0.298 e. The highest BCUT2D eigenvalue weighted by Crippen LogP contribution is 2.24. The summed E-state index contributed by atoms with van der Waals surface area (Å²) in [7, 11) is 0. The fourth-order valence-corrected chi connectivity index (χ4v) is 1.52. The lowest BCUT2D eigenvalue weighted by Crippen LogP contribution is -1.95. The van der Waals surface area contributed by atoms with Crippen molar-refractivity contribution in [1.29, 1.82) is 0 Å². The van der Waals surface area contributed by atoms with E-state index in [-0.39, 0.29) is 0 Å². The summed E-state index contributed by atoms with van der Waals surface area (Å²) >= 11 is 0. The monoisotopic (exact) mass is 164 g/mol. The van der Waals surface area contributed by atoms with Gasteiger partial charge in [0.1, 0.15) is 6.29 Å². The van der Waals surface area contributed by atoms with Crippen molar-refractivity contribution in [2.45, 2.75) is 33.1 Å². The van der Waals surface area contributed by atoms with Gasteiger partial charge in [-0.15, -0.1) is 0 Å². The Hall–Kier alpha value is -0.850. The van der Waals surface area contributed by atoms with Gasteiger partial charge in [0, 0.05) is 0 Å². The standard InChI is InChI=1S/C11H16O/c1-9(10(2)8-12)7-11-5-3-4-6-11/h3,5,8,11H,4,6-7H2,1-2H3/b10-9+. The molecule has 66 valence electrons. The molecule has 0 bridgehead atoms. The molecule has 1 rings (SSSR count). The summed E-state index contributed by atoms with van der Waals surface area (Å²) in [4.78, 5) is 10.4. The van der Waals surface area contributed by atoms with Crippen molar-refractivity contribution in [3.05, 3.63) is 23.3 Å². The van der Waals surface area contributed by atoms with E-state index in [0.29, 0.717) is 5.92 Å². The third-order valence-electron chi connectivity index (χ3n) is 2.53. The van der Waals surface area contributed by atoms with Crippen molar-refractivity contribution in [3.63, 3.8) is 0 Å². The van der Waals surface area contributed by atoms with Gasteiger partial charge in [-0.3, -0.25) is 4.79 Å². The van der Waals surface area contributed by atoms with Gasteiger partial charge in [-0.1, -0.05) is 17.7 Å². The number of hydrogen-bond donors (Lipinski definition) is 0. The van der Waals surface area contributed by atoms with Crippen LogP contribution in [-0.2, 0) is 4.79 Å². The first-order valence-electron chi connectivity index (χ1n) is 4.52. The van der Waals surface area contributed by atoms with Crippen molar-refractivity contribution in [1.82, 2.24) is 0 Å². The molecule has 0 spiro atoms.